The van der Waals surface area contributed by atoms with E-state index in [1.54, 1.807) is 31.3 Å². The molecule has 2 aliphatic heterocycles. The largest absolute Gasteiger partial charge is 0.497 e. The van der Waals surface area contributed by atoms with Crippen LogP contribution < -0.4 is 19.1 Å². The molecule has 39 heavy (non-hydrogen) atoms. The van der Waals surface area contributed by atoms with Gasteiger partial charge in [-0.05, 0) is 48.9 Å². The number of nitrogens with zero attached hydrogens (tertiary/aromatic N) is 2. The molecule has 2 unspecified atom stereocenters. The highest BCUT2D eigenvalue weighted by Gasteiger charge is 2.47. The van der Waals surface area contributed by atoms with Gasteiger partial charge in [0.2, 0.25) is 0 Å². The average molecular weight is 604 g/mol. The van der Waals surface area contributed by atoms with Crippen molar-refractivity contribution >= 4 is 33.6 Å². The van der Waals surface area contributed by atoms with Crippen LogP contribution >= 0.6 is 15.9 Å². The first-order valence-corrected chi connectivity index (χ1v) is 14.0. The molecule has 2 aliphatic rings. The van der Waals surface area contributed by atoms with Crippen molar-refractivity contribution in [2.24, 2.45) is 0 Å². The van der Waals surface area contributed by atoms with Gasteiger partial charge < -0.3 is 28.6 Å². The number of hydrogen-bond acceptors (Lipinski definition) is 7. The molecule has 2 heterocycles. The zero-order valence-corrected chi connectivity index (χ0v) is 24.1. The molecule has 0 N–H and O–H groups in total. The van der Waals surface area contributed by atoms with Crippen molar-refractivity contribution in [2.45, 2.75) is 37.5 Å². The summed E-state index contributed by atoms with van der Waals surface area (Å²) in [6.45, 7) is 4.60. The summed E-state index contributed by atoms with van der Waals surface area (Å²) in [5.41, 5.74) is 1.82. The van der Waals surface area contributed by atoms with E-state index in [9.17, 15) is 9.59 Å². The van der Waals surface area contributed by atoms with Crippen molar-refractivity contribution in [3.8, 4) is 17.2 Å². The Morgan fingerprint density at radius 2 is 1.90 bits per heavy atom. The fraction of sp³-hybridized carbons (Fsp3) is 0.448. The van der Waals surface area contributed by atoms with Gasteiger partial charge in [-0.2, -0.15) is 0 Å². The van der Waals surface area contributed by atoms with Crippen LogP contribution in [0.4, 0.5) is 10.5 Å². The van der Waals surface area contributed by atoms with Crippen LogP contribution in [0.2, 0.25) is 0 Å². The molecule has 3 atom stereocenters. The Balaban J connectivity index is 1.78. The summed E-state index contributed by atoms with van der Waals surface area (Å²) < 4.78 is 28.3. The SMILES string of the molecule is C=CCOC(=O)N1c2cc(OCCCBr)c(OC)cc2C(=O)N2CCC(c3ccc(OC)cc3)C[C@H]2C1OC. The van der Waals surface area contributed by atoms with Crippen molar-refractivity contribution in [2.75, 3.05) is 51.3 Å². The number of carbonyl (C=O) groups is 2. The fourth-order valence-electron chi connectivity index (χ4n) is 5.26. The van der Waals surface area contributed by atoms with Gasteiger partial charge in [0.1, 0.15) is 12.4 Å². The summed E-state index contributed by atoms with van der Waals surface area (Å²) in [5, 5.41) is 0.774. The maximum Gasteiger partial charge on any atom is 0.416 e. The van der Waals surface area contributed by atoms with E-state index in [1.165, 1.54) is 18.1 Å². The second-order valence-corrected chi connectivity index (χ2v) is 10.1. The highest BCUT2D eigenvalue weighted by Crippen LogP contribution is 2.43. The van der Waals surface area contributed by atoms with Crippen LogP contribution in [0.15, 0.2) is 49.1 Å². The third kappa shape index (κ3) is 6.01. The van der Waals surface area contributed by atoms with Gasteiger partial charge in [-0.3, -0.25) is 4.79 Å². The number of carbonyl (C=O) groups excluding carboxylic acids is 2. The minimum atomic E-state index is -0.794. The lowest BCUT2D eigenvalue weighted by Crippen LogP contribution is -2.56. The zero-order chi connectivity index (χ0) is 27.9. The predicted molar refractivity (Wildman–Crippen MR) is 152 cm³/mol. The van der Waals surface area contributed by atoms with Gasteiger partial charge in [0.15, 0.2) is 17.7 Å². The van der Waals surface area contributed by atoms with E-state index < -0.39 is 18.4 Å². The molecule has 1 fully saturated rings. The number of ether oxygens (including phenoxy) is 5. The Labute approximate surface area is 237 Å². The van der Waals surface area contributed by atoms with Crippen molar-refractivity contribution in [3.05, 3.63) is 60.2 Å². The molecule has 2 aromatic carbocycles. The lowest BCUT2D eigenvalue weighted by atomic mass is 9.84. The standard InChI is InChI=1S/C29H35BrN2O7/c1-5-14-39-29(34)32-23-18-26(38-15-6-12-30)25(36-3)17-22(23)27(33)31-13-11-20(16-24(31)28(32)37-4)19-7-9-21(35-2)10-8-19/h5,7-10,17-18,20,24,28H,1,6,11-16H2,2-4H3/t20?,24-,28?/m0/s1. The van der Waals surface area contributed by atoms with Gasteiger partial charge >= 0.3 is 6.09 Å². The van der Waals surface area contributed by atoms with Crippen molar-refractivity contribution in [1.29, 1.82) is 0 Å². The summed E-state index contributed by atoms with van der Waals surface area (Å²) in [6, 6.07) is 10.9. The van der Waals surface area contributed by atoms with E-state index in [2.05, 4.69) is 22.5 Å². The summed E-state index contributed by atoms with van der Waals surface area (Å²) in [4.78, 5) is 30.8. The van der Waals surface area contributed by atoms with Gasteiger partial charge in [0.25, 0.3) is 5.91 Å². The van der Waals surface area contributed by atoms with Crippen LogP contribution in [0.5, 0.6) is 17.2 Å². The van der Waals surface area contributed by atoms with Gasteiger partial charge in [-0.15, -0.1) is 0 Å². The first-order valence-electron chi connectivity index (χ1n) is 12.9. The monoisotopic (exact) mass is 602 g/mol. The quantitative estimate of drug-likeness (QED) is 0.205. The Bertz CT molecular complexity index is 1170. The molecule has 0 aromatic heterocycles. The number of hydrogen-bond donors (Lipinski definition) is 0. The highest BCUT2D eigenvalue weighted by molar-refractivity contribution is 9.09. The van der Waals surface area contributed by atoms with E-state index in [-0.39, 0.29) is 18.4 Å². The molecule has 0 aliphatic carbocycles. The molecular formula is C29H35BrN2O7. The Morgan fingerprint density at radius 3 is 2.54 bits per heavy atom. The predicted octanol–water partition coefficient (Wildman–Crippen LogP) is 5.37. The smallest absolute Gasteiger partial charge is 0.416 e. The first-order chi connectivity index (χ1) is 19.0. The van der Waals surface area contributed by atoms with Crippen LogP contribution in [-0.4, -0.2) is 75.6 Å². The lowest BCUT2D eigenvalue weighted by Gasteiger charge is -2.43. The third-order valence-electron chi connectivity index (χ3n) is 7.15. The summed E-state index contributed by atoms with van der Waals surface area (Å²) >= 11 is 3.41. The third-order valence-corrected chi connectivity index (χ3v) is 7.71. The molecule has 210 valence electrons. The highest BCUT2D eigenvalue weighted by atomic mass is 79.9. The fourth-order valence-corrected chi connectivity index (χ4v) is 5.48. The number of alkyl halides is 1. The number of amides is 2. The van der Waals surface area contributed by atoms with Crippen LogP contribution in [0, 0.1) is 0 Å². The van der Waals surface area contributed by atoms with E-state index in [4.69, 9.17) is 23.7 Å². The molecule has 0 saturated carbocycles. The van der Waals surface area contributed by atoms with Crippen molar-refractivity contribution in [1.82, 2.24) is 4.90 Å². The van der Waals surface area contributed by atoms with E-state index >= 15 is 0 Å². The van der Waals surface area contributed by atoms with Gasteiger partial charge in [-0.25, -0.2) is 9.69 Å². The minimum Gasteiger partial charge on any atom is -0.497 e. The maximum absolute atomic E-state index is 14.0. The number of halogens is 1. The number of fused-ring (bicyclic) bond motifs is 2. The van der Waals surface area contributed by atoms with Crippen molar-refractivity contribution < 1.29 is 33.3 Å². The van der Waals surface area contributed by atoms with E-state index in [1.807, 2.05) is 24.3 Å². The van der Waals surface area contributed by atoms with E-state index in [0.29, 0.717) is 42.3 Å². The summed E-state index contributed by atoms with van der Waals surface area (Å²) in [6.07, 6.45) is 2.21. The Kier molecular flexibility index (Phi) is 9.74. The molecule has 10 heteroatoms. The van der Waals surface area contributed by atoms with Crippen LogP contribution in [0.3, 0.4) is 0 Å². The second-order valence-electron chi connectivity index (χ2n) is 9.33. The maximum atomic E-state index is 14.0. The lowest BCUT2D eigenvalue weighted by molar-refractivity contribution is -0.00155. The molecule has 9 nitrogen and oxygen atoms in total. The number of rotatable bonds is 10. The normalized spacial score (nSPS) is 20.4. The molecule has 1 saturated heterocycles. The number of methoxy groups -OCH3 is 3. The average Bonchev–Trinajstić information content (AvgIpc) is 3.07. The van der Waals surface area contributed by atoms with Crippen molar-refractivity contribution in [3.63, 3.8) is 0 Å². The molecule has 2 amide bonds. The second kappa shape index (κ2) is 13.2. The Morgan fingerprint density at radius 1 is 1.13 bits per heavy atom. The molecule has 0 spiro atoms. The van der Waals surface area contributed by atoms with Gasteiger partial charge in [0.05, 0.1) is 38.1 Å². The Hall–Kier alpha value is -3.24. The van der Waals surface area contributed by atoms with Crippen LogP contribution in [-0.2, 0) is 9.47 Å². The molecule has 2 aromatic rings. The molecule has 0 bridgehead atoms. The minimum absolute atomic E-state index is 0.0165. The molecule has 0 radical (unpaired) electrons. The molecule has 4 rings (SSSR count). The van der Waals surface area contributed by atoms with Crippen LogP contribution in [0.25, 0.3) is 0 Å². The number of benzene rings is 2. The number of piperidine rings is 1. The zero-order valence-electron chi connectivity index (χ0n) is 22.6. The van der Waals surface area contributed by atoms with Gasteiger partial charge in [0, 0.05) is 25.1 Å². The van der Waals surface area contributed by atoms with E-state index in [0.717, 1.165) is 29.5 Å². The molecular weight excluding hydrogens is 568 g/mol. The summed E-state index contributed by atoms with van der Waals surface area (Å²) in [5.74, 6) is 1.58. The number of anilines is 1. The topological polar surface area (TPSA) is 86.8 Å². The first kappa shape index (κ1) is 28.8. The summed E-state index contributed by atoms with van der Waals surface area (Å²) in [7, 11) is 4.70. The van der Waals surface area contributed by atoms with Gasteiger partial charge in [-0.1, -0.05) is 40.7 Å². The van der Waals surface area contributed by atoms with Crippen LogP contribution in [0.1, 0.15) is 41.1 Å².